The fraction of sp³-hybridized carbons (Fsp3) is 0.529. The minimum Gasteiger partial charge on any atom is -0.450 e. The van der Waals surface area contributed by atoms with Gasteiger partial charge in [0.15, 0.2) is 0 Å². The standard InChI is InChI=1S/C17H24N2O3/c1-3-22-17(21)19-10-8-15(9-11-19)16(20)18-12-14-6-4-13(2)5-7-14/h4-7,15H,3,8-12H2,1-2H3,(H,18,20). The van der Waals surface area contributed by atoms with E-state index in [2.05, 4.69) is 5.32 Å². The van der Waals surface area contributed by atoms with Crippen LogP contribution in [0.4, 0.5) is 4.79 Å². The molecule has 5 nitrogen and oxygen atoms in total. The molecule has 1 saturated heterocycles. The summed E-state index contributed by atoms with van der Waals surface area (Å²) < 4.78 is 4.98. The van der Waals surface area contributed by atoms with Gasteiger partial charge in [-0.05, 0) is 32.3 Å². The third kappa shape index (κ3) is 4.48. The van der Waals surface area contributed by atoms with Crippen LogP contribution in [0.2, 0.25) is 0 Å². The van der Waals surface area contributed by atoms with Crippen LogP contribution in [-0.4, -0.2) is 36.6 Å². The number of amides is 2. The molecule has 1 aliphatic rings. The first kappa shape index (κ1) is 16.3. The van der Waals surface area contributed by atoms with E-state index in [-0.39, 0.29) is 17.9 Å². The van der Waals surface area contributed by atoms with Crippen LogP contribution < -0.4 is 5.32 Å². The number of benzene rings is 1. The molecule has 1 aromatic carbocycles. The number of piperidine rings is 1. The number of nitrogens with zero attached hydrogens (tertiary/aromatic N) is 1. The van der Waals surface area contributed by atoms with Crippen molar-refractivity contribution in [3.63, 3.8) is 0 Å². The van der Waals surface area contributed by atoms with E-state index in [9.17, 15) is 9.59 Å². The van der Waals surface area contributed by atoms with Gasteiger partial charge in [0.1, 0.15) is 0 Å². The van der Waals surface area contributed by atoms with Crippen LogP contribution in [0.1, 0.15) is 30.9 Å². The molecule has 1 aliphatic heterocycles. The molecule has 0 atom stereocenters. The molecule has 2 rings (SSSR count). The Kier molecular flexibility index (Phi) is 5.81. The molecule has 0 spiro atoms. The maximum Gasteiger partial charge on any atom is 0.409 e. The molecule has 0 unspecified atom stereocenters. The summed E-state index contributed by atoms with van der Waals surface area (Å²) in [7, 11) is 0. The first-order chi connectivity index (χ1) is 10.6. The van der Waals surface area contributed by atoms with E-state index in [1.165, 1.54) is 5.56 Å². The third-order valence-electron chi connectivity index (χ3n) is 3.98. The number of hydrogen-bond donors (Lipinski definition) is 1. The molecule has 0 radical (unpaired) electrons. The fourth-order valence-electron chi connectivity index (χ4n) is 2.58. The summed E-state index contributed by atoms with van der Waals surface area (Å²) in [5, 5.41) is 2.98. The van der Waals surface area contributed by atoms with Gasteiger partial charge in [-0.25, -0.2) is 4.79 Å². The molecule has 0 saturated carbocycles. The van der Waals surface area contributed by atoms with Crippen LogP contribution >= 0.6 is 0 Å². The zero-order valence-corrected chi connectivity index (χ0v) is 13.3. The summed E-state index contributed by atoms with van der Waals surface area (Å²) in [5.74, 6) is 0.0557. The Morgan fingerprint density at radius 1 is 1.23 bits per heavy atom. The van der Waals surface area contributed by atoms with Crippen LogP contribution in [0.15, 0.2) is 24.3 Å². The topological polar surface area (TPSA) is 58.6 Å². The van der Waals surface area contributed by atoms with E-state index in [0.29, 0.717) is 39.1 Å². The van der Waals surface area contributed by atoms with Crippen molar-refractivity contribution in [2.75, 3.05) is 19.7 Å². The van der Waals surface area contributed by atoms with Crippen molar-refractivity contribution in [2.24, 2.45) is 5.92 Å². The van der Waals surface area contributed by atoms with Crippen molar-refractivity contribution in [1.82, 2.24) is 10.2 Å². The van der Waals surface area contributed by atoms with Gasteiger partial charge in [-0.3, -0.25) is 4.79 Å². The van der Waals surface area contributed by atoms with Gasteiger partial charge < -0.3 is 15.0 Å². The molecule has 5 heteroatoms. The molecule has 1 aromatic rings. The van der Waals surface area contributed by atoms with Crippen LogP contribution in [-0.2, 0) is 16.1 Å². The van der Waals surface area contributed by atoms with Gasteiger partial charge in [-0.15, -0.1) is 0 Å². The first-order valence-corrected chi connectivity index (χ1v) is 7.85. The van der Waals surface area contributed by atoms with Crippen molar-refractivity contribution >= 4 is 12.0 Å². The maximum atomic E-state index is 12.2. The summed E-state index contributed by atoms with van der Waals surface area (Å²) in [6.07, 6.45) is 1.11. The molecule has 2 amide bonds. The lowest BCUT2D eigenvalue weighted by Gasteiger charge is -2.30. The quantitative estimate of drug-likeness (QED) is 0.929. The Balaban J connectivity index is 1.75. The number of hydrogen-bond acceptors (Lipinski definition) is 3. The van der Waals surface area contributed by atoms with Crippen LogP contribution in [0.3, 0.4) is 0 Å². The van der Waals surface area contributed by atoms with Crippen molar-refractivity contribution in [3.8, 4) is 0 Å². The van der Waals surface area contributed by atoms with Crippen molar-refractivity contribution in [2.45, 2.75) is 33.2 Å². The Morgan fingerprint density at radius 2 is 1.86 bits per heavy atom. The highest BCUT2D eigenvalue weighted by molar-refractivity contribution is 5.79. The largest absolute Gasteiger partial charge is 0.450 e. The Hall–Kier alpha value is -2.04. The number of aryl methyl sites for hydroxylation is 1. The highest BCUT2D eigenvalue weighted by Gasteiger charge is 2.27. The van der Waals surface area contributed by atoms with Gasteiger partial charge >= 0.3 is 6.09 Å². The van der Waals surface area contributed by atoms with E-state index >= 15 is 0 Å². The van der Waals surface area contributed by atoms with Gasteiger partial charge in [0.05, 0.1) is 6.61 Å². The lowest BCUT2D eigenvalue weighted by atomic mass is 9.96. The number of rotatable bonds is 4. The summed E-state index contributed by atoms with van der Waals surface area (Å²) >= 11 is 0. The Labute approximate surface area is 131 Å². The average molecular weight is 304 g/mol. The molecular formula is C17H24N2O3. The van der Waals surface area contributed by atoms with E-state index < -0.39 is 0 Å². The minimum atomic E-state index is -0.277. The van der Waals surface area contributed by atoms with Crippen LogP contribution in [0.5, 0.6) is 0 Å². The Bertz CT molecular complexity index is 505. The number of carbonyl (C=O) groups is 2. The zero-order valence-electron chi connectivity index (χ0n) is 13.3. The maximum absolute atomic E-state index is 12.2. The first-order valence-electron chi connectivity index (χ1n) is 7.85. The van der Waals surface area contributed by atoms with Crippen molar-refractivity contribution in [1.29, 1.82) is 0 Å². The second-order valence-electron chi connectivity index (χ2n) is 5.66. The van der Waals surface area contributed by atoms with Gasteiger partial charge in [0, 0.05) is 25.6 Å². The zero-order chi connectivity index (χ0) is 15.9. The number of carbonyl (C=O) groups excluding carboxylic acids is 2. The number of ether oxygens (including phenoxy) is 1. The molecule has 1 fully saturated rings. The summed E-state index contributed by atoms with van der Waals surface area (Å²) in [6, 6.07) is 8.14. The summed E-state index contributed by atoms with van der Waals surface area (Å²) in [6.45, 7) is 5.94. The SMILES string of the molecule is CCOC(=O)N1CCC(C(=O)NCc2ccc(C)cc2)CC1. The molecule has 0 aliphatic carbocycles. The van der Waals surface area contributed by atoms with E-state index in [1.807, 2.05) is 31.2 Å². The lowest BCUT2D eigenvalue weighted by molar-refractivity contribution is -0.126. The minimum absolute atomic E-state index is 0.0175. The van der Waals surface area contributed by atoms with Gasteiger partial charge in [-0.1, -0.05) is 29.8 Å². The highest BCUT2D eigenvalue weighted by atomic mass is 16.6. The lowest BCUT2D eigenvalue weighted by Crippen LogP contribution is -2.43. The average Bonchev–Trinajstić information content (AvgIpc) is 2.54. The fourth-order valence-corrected chi connectivity index (χ4v) is 2.58. The smallest absolute Gasteiger partial charge is 0.409 e. The predicted octanol–water partition coefficient (Wildman–Crippen LogP) is 2.48. The monoisotopic (exact) mass is 304 g/mol. The second-order valence-corrected chi connectivity index (χ2v) is 5.66. The van der Waals surface area contributed by atoms with E-state index in [0.717, 1.165) is 5.56 Å². The Morgan fingerprint density at radius 3 is 2.45 bits per heavy atom. The number of likely N-dealkylation sites (tertiary alicyclic amines) is 1. The van der Waals surface area contributed by atoms with E-state index in [4.69, 9.17) is 4.74 Å². The molecule has 120 valence electrons. The number of nitrogens with one attached hydrogen (secondary N) is 1. The highest BCUT2D eigenvalue weighted by Crippen LogP contribution is 2.18. The normalized spacial score (nSPS) is 15.5. The van der Waals surface area contributed by atoms with Gasteiger partial charge in [0.2, 0.25) is 5.91 Å². The summed E-state index contributed by atoms with van der Waals surface area (Å²) in [5.41, 5.74) is 2.31. The molecule has 1 heterocycles. The molecule has 0 bridgehead atoms. The second kappa shape index (κ2) is 7.82. The summed E-state index contributed by atoms with van der Waals surface area (Å²) in [4.78, 5) is 25.5. The molecule has 0 aromatic heterocycles. The van der Waals surface area contributed by atoms with E-state index in [1.54, 1.807) is 11.8 Å². The third-order valence-corrected chi connectivity index (χ3v) is 3.98. The molecule has 22 heavy (non-hydrogen) atoms. The molecular weight excluding hydrogens is 280 g/mol. The van der Waals surface area contributed by atoms with Gasteiger partial charge in [0.25, 0.3) is 0 Å². The van der Waals surface area contributed by atoms with Gasteiger partial charge in [-0.2, -0.15) is 0 Å². The van der Waals surface area contributed by atoms with Crippen LogP contribution in [0, 0.1) is 12.8 Å². The molecule has 1 N–H and O–H groups in total. The van der Waals surface area contributed by atoms with Crippen molar-refractivity contribution < 1.29 is 14.3 Å². The predicted molar refractivity (Wildman–Crippen MR) is 84.3 cm³/mol. The van der Waals surface area contributed by atoms with Crippen LogP contribution in [0.25, 0.3) is 0 Å². The van der Waals surface area contributed by atoms with Crippen molar-refractivity contribution in [3.05, 3.63) is 35.4 Å².